The number of imidazole rings is 1. The molecule has 0 unspecified atom stereocenters. The summed E-state index contributed by atoms with van der Waals surface area (Å²) in [5.41, 5.74) is 0.976. The lowest BCUT2D eigenvalue weighted by Crippen LogP contribution is -2.05. The van der Waals surface area contributed by atoms with E-state index >= 15 is 0 Å². The molecule has 0 aliphatic heterocycles. The molecule has 0 saturated heterocycles. The fourth-order valence-electron chi connectivity index (χ4n) is 1.76. The molecule has 1 aliphatic carbocycles. The summed E-state index contributed by atoms with van der Waals surface area (Å²) >= 11 is 3.14. The highest BCUT2D eigenvalue weighted by atomic mass is 32.2. The number of amides is 1. The van der Waals surface area contributed by atoms with Crippen molar-refractivity contribution in [2.24, 2.45) is 0 Å². The van der Waals surface area contributed by atoms with Gasteiger partial charge in [0.05, 0.1) is 5.69 Å². The quantitative estimate of drug-likeness (QED) is 0.861. The molecule has 19 heavy (non-hydrogen) atoms. The molecule has 1 saturated carbocycles. The second-order valence-corrected chi connectivity index (χ2v) is 6.26. The monoisotopic (exact) mass is 294 g/mol. The molecule has 1 fully saturated rings. The first kappa shape index (κ1) is 12.7. The normalized spacial score (nSPS) is 14.6. The van der Waals surface area contributed by atoms with Gasteiger partial charge in [-0.1, -0.05) is 11.8 Å². The van der Waals surface area contributed by atoms with Crippen molar-refractivity contribution in [1.29, 1.82) is 0 Å². The van der Waals surface area contributed by atoms with Crippen LogP contribution in [0.1, 0.15) is 31.5 Å². The average Bonchev–Trinajstić information content (AvgIpc) is 2.94. The summed E-state index contributed by atoms with van der Waals surface area (Å²) in [6.45, 7) is 1.49. The number of nitrogens with zero attached hydrogens (tertiary/aromatic N) is 3. The summed E-state index contributed by atoms with van der Waals surface area (Å²) in [6.07, 6.45) is 6.41. The Labute approximate surface area is 119 Å². The Bertz CT molecular complexity index is 588. The average molecular weight is 294 g/mol. The number of thiazole rings is 1. The topological polar surface area (TPSA) is 59.8 Å². The third-order valence-electron chi connectivity index (χ3n) is 2.76. The van der Waals surface area contributed by atoms with Gasteiger partial charge in [0.1, 0.15) is 0 Å². The number of thioether (sulfide) groups is 1. The first-order valence-corrected chi connectivity index (χ1v) is 7.96. The molecule has 100 valence electrons. The zero-order valence-electron chi connectivity index (χ0n) is 10.5. The molecule has 0 aromatic carbocycles. The van der Waals surface area contributed by atoms with Crippen molar-refractivity contribution in [3.8, 4) is 0 Å². The van der Waals surface area contributed by atoms with Gasteiger partial charge in [0.25, 0.3) is 0 Å². The van der Waals surface area contributed by atoms with Crippen LogP contribution in [0.4, 0.5) is 5.13 Å². The lowest BCUT2D eigenvalue weighted by molar-refractivity contribution is -0.114. The lowest BCUT2D eigenvalue weighted by atomic mass is 10.6. The van der Waals surface area contributed by atoms with E-state index in [0.717, 1.165) is 16.6 Å². The molecule has 2 aromatic heterocycles. The summed E-state index contributed by atoms with van der Waals surface area (Å²) in [5.74, 6) is 0.692. The molecule has 7 heteroatoms. The number of carbonyl (C=O) groups excluding carboxylic acids is 1. The summed E-state index contributed by atoms with van der Waals surface area (Å²) in [4.78, 5) is 19.7. The number of carbonyl (C=O) groups is 1. The van der Waals surface area contributed by atoms with Gasteiger partial charge in [0.2, 0.25) is 5.91 Å². The number of anilines is 1. The van der Waals surface area contributed by atoms with E-state index in [1.165, 1.54) is 31.1 Å². The van der Waals surface area contributed by atoms with E-state index in [-0.39, 0.29) is 5.91 Å². The summed E-state index contributed by atoms with van der Waals surface area (Å²) in [6, 6.07) is 0.648. The van der Waals surface area contributed by atoms with Crippen molar-refractivity contribution in [3.63, 3.8) is 0 Å². The Morgan fingerprint density at radius 3 is 3.21 bits per heavy atom. The number of nitrogens with one attached hydrogen (secondary N) is 1. The van der Waals surface area contributed by atoms with E-state index in [1.807, 2.05) is 17.8 Å². The molecule has 1 N–H and O–H groups in total. The molecule has 0 bridgehead atoms. The molecule has 2 heterocycles. The zero-order chi connectivity index (χ0) is 13.2. The molecule has 5 nitrogen and oxygen atoms in total. The van der Waals surface area contributed by atoms with E-state index in [4.69, 9.17) is 0 Å². The van der Waals surface area contributed by atoms with Crippen molar-refractivity contribution >= 4 is 34.1 Å². The fraction of sp³-hybridized carbons (Fsp3) is 0.417. The van der Waals surface area contributed by atoms with Gasteiger partial charge in [0, 0.05) is 36.5 Å². The Morgan fingerprint density at radius 2 is 2.47 bits per heavy atom. The predicted molar refractivity (Wildman–Crippen MR) is 76.5 cm³/mol. The van der Waals surface area contributed by atoms with E-state index in [2.05, 4.69) is 19.9 Å². The molecule has 3 rings (SSSR count). The van der Waals surface area contributed by atoms with Gasteiger partial charge in [-0.2, -0.15) is 0 Å². The summed E-state index contributed by atoms with van der Waals surface area (Å²) in [5, 5.41) is 6.38. The predicted octanol–water partition coefficient (Wildman–Crippen LogP) is 2.93. The van der Waals surface area contributed by atoms with Gasteiger partial charge in [-0.25, -0.2) is 9.97 Å². The fourth-order valence-corrected chi connectivity index (χ4v) is 3.54. The van der Waals surface area contributed by atoms with Gasteiger partial charge in [-0.05, 0) is 12.8 Å². The first-order chi connectivity index (χ1) is 9.22. The van der Waals surface area contributed by atoms with Crippen molar-refractivity contribution in [1.82, 2.24) is 14.5 Å². The van der Waals surface area contributed by atoms with Crippen molar-refractivity contribution in [2.75, 3.05) is 5.32 Å². The second kappa shape index (κ2) is 5.34. The van der Waals surface area contributed by atoms with Crippen LogP contribution in [-0.4, -0.2) is 20.4 Å². The van der Waals surface area contributed by atoms with Crippen LogP contribution < -0.4 is 5.32 Å². The summed E-state index contributed by atoms with van der Waals surface area (Å²) in [7, 11) is 0. The number of aromatic nitrogens is 3. The van der Waals surface area contributed by atoms with Gasteiger partial charge < -0.3 is 9.88 Å². The van der Waals surface area contributed by atoms with Crippen LogP contribution in [0.15, 0.2) is 22.9 Å². The van der Waals surface area contributed by atoms with Gasteiger partial charge in [-0.3, -0.25) is 4.79 Å². The largest absolute Gasteiger partial charge is 0.323 e. The van der Waals surface area contributed by atoms with Crippen LogP contribution in [0.2, 0.25) is 0 Å². The van der Waals surface area contributed by atoms with Gasteiger partial charge in [0.15, 0.2) is 10.3 Å². The molecule has 0 radical (unpaired) electrons. The maximum Gasteiger partial charge on any atom is 0.223 e. The molecule has 1 amide bonds. The Kier molecular flexibility index (Phi) is 3.56. The Hall–Kier alpha value is -1.34. The van der Waals surface area contributed by atoms with Crippen molar-refractivity contribution in [3.05, 3.63) is 23.5 Å². The first-order valence-electron chi connectivity index (χ1n) is 6.10. The summed E-state index contributed by atoms with van der Waals surface area (Å²) < 4.78 is 2.24. The van der Waals surface area contributed by atoms with E-state index in [0.29, 0.717) is 11.2 Å². The second-order valence-electron chi connectivity index (χ2n) is 4.46. The van der Waals surface area contributed by atoms with Gasteiger partial charge in [-0.15, -0.1) is 11.3 Å². The minimum atomic E-state index is -0.0853. The minimum Gasteiger partial charge on any atom is -0.323 e. The van der Waals surface area contributed by atoms with Crippen LogP contribution in [0.5, 0.6) is 0 Å². The standard InChI is InChI=1S/C12H14N4OS2/c1-8(17)14-11-15-9(6-18-11)7-19-12-13-4-5-16(12)10-2-3-10/h4-6,10H,2-3,7H2,1H3,(H,14,15,17). The van der Waals surface area contributed by atoms with Crippen LogP contribution in [-0.2, 0) is 10.5 Å². The number of rotatable bonds is 5. The number of hydrogen-bond acceptors (Lipinski definition) is 5. The smallest absolute Gasteiger partial charge is 0.223 e. The van der Waals surface area contributed by atoms with Crippen LogP contribution in [0.3, 0.4) is 0 Å². The molecule has 2 aromatic rings. The highest BCUT2D eigenvalue weighted by molar-refractivity contribution is 7.98. The molecular weight excluding hydrogens is 280 g/mol. The van der Waals surface area contributed by atoms with E-state index in [9.17, 15) is 4.79 Å². The Balaban J connectivity index is 1.60. The SMILES string of the molecule is CC(=O)Nc1nc(CSc2nccn2C2CC2)cs1. The number of hydrogen-bond donors (Lipinski definition) is 1. The third-order valence-corrected chi connectivity index (χ3v) is 4.58. The highest BCUT2D eigenvalue weighted by Crippen LogP contribution is 2.38. The van der Waals surface area contributed by atoms with Crippen LogP contribution in [0.25, 0.3) is 0 Å². The molecule has 0 spiro atoms. The minimum absolute atomic E-state index is 0.0853. The van der Waals surface area contributed by atoms with E-state index < -0.39 is 0 Å². The highest BCUT2D eigenvalue weighted by Gasteiger charge is 2.25. The maximum absolute atomic E-state index is 10.9. The van der Waals surface area contributed by atoms with Crippen molar-refractivity contribution in [2.45, 2.75) is 36.7 Å². The third kappa shape index (κ3) is 3.16. The van der Waals surface area contributed by atoms with Crippen LogP contribution >= 0.6 is 23.1 Å². The molecule has 1 aliphatic rings. The van der Waals surface area contributed by atoms with Gasteiger partial charge >= 0.3 is 0 Å². The lowest BCUT2D eigenvalue weighted by Gasteiger charge is -2.03. The van der Waals surface area contributed by atoms with E-state index in [1.54, 1.807) is 11.8 Å². The molecular formula is C12H14N4OS2. The maximum atomic E-state index is 10.9. The van der Waals surface area contributed by atoms with Crippen molar-refractivity contribution < 1.29 is 4.79 Å². The van der Waals surface area contributed by atoms with Crippen LogP contribution in [0, 0.1) is 0 Å². The Morgan fingerprint density at radius 1 is 1.63 bits per heavy atom. The zero-order valence-corrected chi connectivity index (χ0v) is 12.1. The molecule has 0 atom stereocenters.